The summed E-state index contributed by atoms with van der Waals surface area (Å²) in [6, 6.07) is 8.70. The van der Waals surface area contributed by atoms with Crippen LogP contribution in [0.15, 0.2) is 36.4 Å². The number of carbonyl (C=O) groups excluding carboxylic acids is 1. The Morgan fingerprint density at radius 3 is 2.12 bits per heavy atom. The van der Waals surface area contributed by atoms with Crippen LogP contribution in [0, 0.1) is 5.82 Å². The van der Waals surface area contributed by atoms with E-state index in [1.165, 1.54) is 45.6 Å². The van der Waals surface area contributed by atoms with E-state index in [2.05, 4.69) is 5.32 Å². The quantitative estimate of drug-likeness (QED) is 0.781. The Morgan fingerprint density at radius 2 is 1.62 bits per heavy atom. The Hall–Kier alpha value is -2.96. The fourth-order valence-corrected chi connectivity index (χ4v) is 2.40. The third-order valence-corrected chi connectivity index (χ3v) is 3.75. The van der Waals surface area contributed by atoms with Gasteiger partial charge in [-0.2, -0.15) is 0 Å². The zero-order valence-electron chi connectivity index (χ0n) is 15.2. The molecule has 7 heteroatoms. The van der Waals surface area contributed by atoms with E-state index < -0.39 is 0 Å². The molecule has 1 unspecified atom stereocenters. The van der Waals surface area contributed by atoms with Crippen LogP contribution in [0.5, 0.6) is 23.0 Å². The van der Waals surface area contributed by atoms with E-state index in [1.54, 1.807) is 12.1 Å². The van der Waals surface area contributed by atoms with E-state index in [1.807, 2.05) is 6.92 Å². The highest BCUT2D eigenvalue weighted by Gasteiger charge is 2.17. The predicted molar refractivity (Wildman–Crippen MR) is 94.6 cm³/mol. The van der Waals surface area contributed by atoms with Gasteiger partial charge in [-0.3, -0.25) is 4.79 Å². The molecule has 0 aromatic heterocycles. The Bertz CT molecular complexity index is 723. The second-order valence-electron chi connectivity index (χ2n) is 5.49. The van der Waals surface area contributed by atoms with Crippen molar-refractivity contribution in [3.8, 4) is 23.0 Å². The zero-order chi connectivity index (χ0) is 19.1. The fourth-order valence-electron chi connectivity index (χ4n) is 2.40. The minimum Gasteiger partial charge on any atom is -0.493 e. The number of benzene rings is 2. The van der Waals surface area contributed by atoms with Gasteiger partial charge in [0.1, 0.15) is 11.6 Å². The van der Waals surface area contributed by atoms with Crippen LogP contribution in [0.3, 0.4) is 0 Å². The average Bonchev–Trinajstić information content (AvgIpc) is 2.66. The maximum Gasteiger partial charge on any atom is 0.258 e. The molecule has 0 radical (unpaired) electrons. The number of carbonyl (C=O) groups is 1. The fraction of sp³-hybridized carbons (Fsp3) is 0.316. The number of halogens is 1. The van der Waals surface area contributed by atoms with Gasteiger partial charge in [0.2, 0.25) is 5.75 Å². The number of ether oxygens (including phenoxy) is 4. The van der Waals surface area contributed by atoms with Gasteiger partial charge in [0.05, 0.1) is 27.4 Å². The van der Waals surface area contributed by atoms with Crippen molar-refractivity contribution in [2.24, 2.45) is 0 Å². The number of amides is 1. The van der Waals surface area contributed by atoms with Crippen molar-refractivity contribution in [1.29, 1.82) is 0 Å². The van der Waals surface area contributed by atoms with E-state index in [4.69, 9.17) is 18.9 Å². The summed E-state index contributed by atoms with van der Waals surface area (Å²) in [5.41, 5.74) is 0.787. The molecule has 1 amide bonds. The van der Waals surface area contributed by atoms with Gasteiger partial charge in [0.25, 0.3) is 5.91 Å². The van der Waals surface area contributed by atoms with E-state index in [9.17, 15) is 9.18 Å². The lowest BCUT2D eigenvalue weighted by atomic mass is 10.1. The number of rotatable bonds is 8. The summed E-state index contributed by atoms with van der Waals surface area (Å²) in [5, 5.41) is 2.83. The zero-order valence-corrected chi connectivity index (χ0v) is 15.2. The molecular weight excluding hydrogens is 341 g/mol. The maximum absolute atomic E-state index is 12.9. The lowest BCUT2D eigenvalue weighted by Gasteiger charge is -2.19. The summed E-state index contributed by atoms with van der Waals surface area (Å²) in [6.07, 6.45) is 0. The summed E-state index contributed by atoms with van der Waals surface area (Å²) >= 11 is 0. The standard InChI is InChI=1S/C19H22FNO5/c1-12(13-9-16(23-2)19(25-4)17(10-13)24-3)21-18(22)11-26-15-7-5-14(20)6-8-15/h5-10,12H,11H2,1-4H3,(H,21,22). The molecule has 0 saturated heterocycles. The second-order valence-corrected chi connectivity index (χ2v) is 5.49. The number of nitrogens with one attached hydrogen (secondary N) is 1. The first-order valence-electron chi connectivity index (χ1n) is 7.96. The van der Waals surface area contributed by atoms with Crippen LogP contribution < -0.4 is 24.3 Å². The van der Waals surface area contributed by atoms with Crippen LogP contribution in [0.1, 0.15) is 18.5 Å². The molecule has 0 fully saturated rings. The molecule has 0 bridgehead atoms. The SMILES string of the molecule is COc1cc(C(C)NC(=O)COc2ccc(F)cc2)cc(OC)c1OC. The monoisotopic (exact) mass is 363 g/mol. The van der Waals surface area contributed by atoms with Crippen molar-refractivity contribution >= 4 is 5.91 Å². The molecule has 1 N–H and O–H groups in total. The lowest BCUT2D eigenvalue weighted by Crippen LogP contribution is -2.31. The van der Waals surface area contributed by atoms with Gasteiger partial charge < -0.3 is 24.3 Å². The Kier molecular flexibility index (Phi) is 6.66. The first kappa shape index (κ1) is 19.4. The molecule has 0 aliphatic heterocycles. The number of hydrogen-bond donors (Lipinski definition) is 1. The van der Waals surface area contributed by atoms with E-state index >= 15 is 0 Å². The third-order valence-electron chi connectivity index (χ3n) is 3.75. The van der Waals surface area contributed by atoms with Crippen LogP contribution >= 0.6 is 0 Å². The summed E-state index contributed by atoms with van der Waals surface area (Å²) in [4.78, 5) is 12.1. The van der Waals surface area contributed by atoms with Gasteiger partial charge in [0.15, 0.2) is 18.1 Å². The average molecular weight is 363 g/mol. The van der Waals surface area contributed by atoms with Crippen LogP contribution in [0.4, 0.5) is 4.39 Å². The molecule has 2 rings (SSSR count). The Balaban J connectivity index is 2.03. The van der Waals surface area contributed by atoms with Crippen molar-refractivity contribution in [2.75, 3.05) is 27.9 Å². The highest BCUT2D eigenvalue weighted by atomic mass is 19.1. The predicted octanol–water partition coefficient (Wildman–Crippen LogP) is 3.11. The third kappa shape index (κ3) is 4.78. The molecule has 6 nitrogen and oxygen atoms in total. The molecular formula is C19H22FNO5. The first-order chi connectivity index (χ1) is 12.5. The largest absolute Gasteiger partial charge is 0.493 e. The first-order valence-corrected chi connectivity index (χ1v) is 7.96. The van der Waals surface area contributed by atoms with Crippen molar-refractivity contribution in [1.82, 2.24) is 5.32 Å². The molecule has 2 aromatic rings. The molecule has 2 aromatic carbocycles. The molecule has 0 saturated carbocycles. The number of hydrogen-bond acceptors (Lipinski definition) is 5. The summed E-state index contributed by atoms with van der Waals surface area (Å²) in [5.74, 6) is 1.24. The molecule has 0 spiro atoms. The van der Waals surface area contributed by atoms with Crippen molar-refractivity contribution in [2.45, 2.75) is 13.0 Å². The molecule has 0 aliphatic carbocycles. The Morgan fingerprint density at radius 1 is 1.04 bits per heavy atom. The Labute approximate surface area is 151 Å². The second kappa shape index (κ2) is 8.94. The summed E-state index contributed by atoms with van der Waals surface area (Å²) < 4.78 is 34.1. The maximum atomic E-state index is 12.9. The van der Waals surface area contributed by atoms with Crippen LogP contribution in [-0.2, 0) is 4.79 Å². The van der Waals surface area contributed by atoms with Crippen LogP contribution in [-0.4, -0.2) is 33.8 Å². The van der Waals surface area contributed by atoms with Crippen molar-refractivity contribution < 1.29 is 28.1 Å². The van der Waals surface area contributed by atoms with Gasteiger partial charge in [-0.15, -0.1) is 0 Å². The van der Waals surface area contributed by atoms with Gasteiger partial charge in [-0.25, -0.2) is 4.39 Å². The van der Waals surface area contributed by atoms with Gasteiger partial charge in [-0.05, 0) is 48.9 Å². The highest BCUT2D eigenvalue weighted by Crippen LogP contribution is 2.39. The van der Waals surface area contributed by atoms with Crippen LogP contribution in [0.25, 0.3) is 0 Å². The molecule has 140 valence electrons. The van der Waals surface area contributed by atoms with Gasteiger partial charge in [-0.1, -0.05) is 0 Å². The molecule has 26 heavy (non-hydrogen) atoms. The van der Waals surface area contributed by atoms with Crippen molar-refractivity contribution in [3.05, 3.63) is 47.8 Å². The normalized spacial score (nSPS) is 11.4. The van der Waals surface area contributed by atoms with Gasteiger partial charge >= 0.3 is 0 Å². The minimum absolute atomic E-state index is 0.180. The van der Waals surface area contributed by atoms with Crippen LogP contribution in [0.2, 0.25) is 0 Å². The van der Waals surface area contributed by atoms with E-state index in [0.29, 0.717) is 23.0 Å². The van der Waals surface area contributed by atoms with E-state index in [0.717, 1.165) is 5.56 Å². The highest BCUT2D eigenvalue weighted by molar-refractivity contribution is 5.78. The number of methoxy groups -OCH3 is 3. The van der Waals surface area contributed by atoms with E-state index in [-0.39, 0.29) is 24.4 Å². The lowest BCUT2D eigenvalue weighted by molar-refractivity contribution is -0.123. The smallest absolute Gasteiger partial charge is 0.258 e. The minimum atomic E-state index is -0.363. The van der Waals surface area contributed by atoms with Gasteiger partial charge in [0, 0.05) is 0 Å². The molecule has 0 heterocycles. The van der Waals surface area contributed by atoms with Crippen molar-refractivity contribution in [3.63, 3.8) is 0 Å². The summed E-state index contributed by atoms with van der Waals surface area (Å²) in [7, 11) is 4.58. The summed E-state index contributed by atoms with van der Waals surface area (Å²) in [6.45, 7) is 1.65. The topological polar surface area (TPSA) is 66.0 Å². The molecule has 0 aliphatic rings. The molecule has 1 atom stereocenters.